The smallest absolute Gasteiger partial charge is 0.251 e. The van der Waals surface area contributed by atoms with Crippen LogP contribution < -0.4 is 5.32 Å². The highest BCUT2D eigenvalue weighted by Gasteiger charge is 2.15. The van der Waals surface area contributed by atoms with Crippen LogP contribution in [0.2, 0.25) is 5.02 Å². The molecule has 0 aliphatic carbocycles. The predicted molar refractivity (Wildman–Crippen MR) is 90.5 cm³/mol. The quantitative estimate of drug-likeness (QED) is 0.796. The van der Waals surface area contributed by atoms with Gasteiger partial charge in [0.05, 0.1) is 11.6 Å². The van der Waals surface area contributed by atoms with Gasteiger partial charge in [-0.1, -0.05) is 35.0 Å². The number of hydrogen-bond donors (Lipinski definition) is 1. The van der Waals surface area contributed by atoms with E-state index in [1.165, 1.54) is 0 Å². The number of carbonyl (C=O) groups is 1. The van der Waals surface area contributed by atoms with Gasteiger partial charge in [0.25, 0.3) is 5.91 Å². The molecule has 5 nitrogen and oxygen atoms in total. The van der Waals surface area contributed by atoms with E-state index in [0.29, 0.717) is 16.1 Å². The largest absolute Gasteiger partial charge is 0.345 e. The van der Waals surface area contributed by atoms with Crippen LogP contribution in [0.25, 0.3) is 11.0 Å². The summed E-state index contributed by atoms with van der Waals surface area (Å²) in [5, 5.41) is 11.7. The van der Waals surface area contributed by atoms with E-state index < -0.39 is 0 Å². The lowest BCUT2D eigenvalue weighted by molar-refractivity contribution is 0.0940. The number of hydrogen-bond acceptors (Lipinski definition) is 3. The van der Waals surface area contributed by atoms with E-state index in [9.17, 15) is 4.79 Å². The zero-order chi connectivity index (χ0) is 16.4. The lowest BCUT2D eigenvalue weighted by atomic mass is 10.1. The highest BCUT2D eigenvalue weighted by Crippen LogP contribution is 2.22. The third-order valence-corrected chi connectivity index (χ3v) is 4.14. The Balaban J connectivity index is 1.82. The van der Waals surface area contributed by atoms with Gasteiger partial charge in [0.15, 0.2) is 0 Å². The maximum atomic E-state index is 12.5. The van der Waals surface area contributed by atoms with Crippen LogP contribution in [0.5, 0.6) is 0 Å². The molecule has 0 saturated heterocycles. The zero-order valence-corrected chi connectivity index (χ0v) is 13.7. The maximum absolute atomic E-state index is 12.5. The van der Waals surface area contributed by atoms with E-state index in [-0.39, 0.29) is 11.9 Å². The Hall–Kier alpha value is -2.40. The summed E-state index contributed by atoms with van der Waals surface area (Å²) >= 11 is 6.17. The molecule has 0 aliphatic heterocycles. The van der Waals surface area contributed by atoms with Crippen LogP contribution in [0, 0.1) is 0 Å². The SMILES string of the molecule is CCn1nnc2cc(C(=O)NC(C)c3ccccc3Cl)ccc21. The van der Waals surface area contributed by atoms with Crippen LogP contribution >= 0.6 is 11.6 Å². The Morgan fingerprint density at radius 2 is 2.09 bits per heavy atom. The molecular weight excluding hydrogens is 312 g/mol. The monoisotopic (exact) mass is 328 g/mol. The van der Waals surface area contributed by atoms with Crippen molar-refractivity contribution < 1.29 is 4.79 Å². The average Bonchev–Trinajstić information content (AvgIpc) is 2.97. The first-order valence-electron chi connectivity index (χ1n) is 7.48. The van der Waals surface area contributed by atoms with E-state index in [4.69, 9.17) is 11.6 Å². The van der Waals surface area contributed by atoms with Crippen molar-refractivity contribution in [3.05, 3.63) is 58.6 Å². The summed E-state index contributed by atoms with van der Waals surface area (Å²) in [5.41, 5.74) is 3.08. The van der Waals surface area contributed by atoms with E-state index in [2.05, 4.69) is 15.6 Å². The molecule has 1 atom stereocenters. The second-order valence-electron chi connectivity index (χ2n) is 5.33. The summed E-state index contributed by atoms with van der Waals surface area (Å²) in [7, 11) is 0. The van der Waals surface area contributed by atoms with Gasteiger partial charge in [-0.15, -0.1) is 5.10 Å². The first-order valence-corrected chi connectivity index (χ1v) is 7.86. The molecule has 118 valence electrons. The number of aryl methyl sites for hydroxylation is 1. The molecule has 0 fully saturated rings. The maximum Gasteiger partial charge on any atom is 0.251 e. The molecule has 3 rings (SSSR count). The average molecular weight is 329 g/mol. The fourth-order valence-electron chi connectivity index (χ4n) is 2.53. The highest BCUT2D eigenvalue weighted by molar-refractivity contribution is 6.31. The number of benzene rings is 2. The summed E-state index contributed by atoms with van der Waals surface area (Å²) in [6.45, 7) is 4.65. The highest BCUT2D eigenvalue weighted by atomic mass is 35.5. The molecule has 0 bridgehead atoms. The minimum absolute atomic E-state index is 0.162. The second kappa shape index (κ2) is 6.38. The summed E-state index contributed by atoms with van der Waals surface area (Å²) in [4.78, 5) is 12.5. The van der Waals surface area contributed by atoms with Crippen molar-refractivity contribution >= 4 is 28.5 Å². The van der Waals surface area contributed by atoms with Crippen LogP contribution in [0.3, 0.4) is 0 Å². The van der Waals surface area contributed by atoms with Gasteiger partial charge in [0.1, 0.15) is 5.52 Å². The Bertz CT molecular complexity index is 859. The molecule has 0 aliphatic rings. The minimum atomic E-state index is -0.182. The molecule has 0 saturated carbocycles. The molecule has 2 aromatic carbocycles. The number of carbonyl (C=O) groups excluding carboxylic acids is 1. The number of nitrogens with one attached hydrogen (secondary N) is 1. The Morgan fingerprint density at radius 1 is 1.30 bits per heavy atom. The van der Waals surface area contributed by atoms with Crippen LogP contribution in [-0.4, -0.2) is 20.9 Å². The fraction of sp³-hybridized carbons (Fsp3) is 0.235. The summed E-state index contributed by atoms with van der Waals surface area (Å²) in [6.07, 6.45) is 0. The molecule has 6 heteroatoms. The molecular formula is C17H17ClN4O. The molecule has 0 radical (unpaired) electrons. The first kappa shape index (κ1) is 15.5. The Labute approximate surface area is 139 Å². The zero-order valence-electron chi connectivity index (χ0n) is 13.0. The van der Waals surface area contributed by atoms with Gasteiger partial charge in [-0.3, -0.25) is 4.79 Å². The van der Waals surface area contributed by atoms with Crippen molar-refractivity contribution in [2.75, 3.05) is 0 Å². The van der Waals surface area contributed by atoms with Crippen LogP contribution in [0.4, 0.5) is 0 Å². The fourth-order valence-corrected chi connectivity index (χ4v) is 2.83. The predicted octanol–water partition coefficient (Wildman–Crippen LogP) is 3.60. The van der Waals surface area contributed by atoms with Crippen molar-refractivity contribution in [2.24, 2.45) is 0 Å². The number of fused-ring (bicyclic) bond motifs is 1. The van der Waals surface area contributed by atoms with E-state index in [1.54, 1.807) is 16.8 Å². The molecule has 3 aromatic rings. The third kappa shape index (κ3) is 3.05. The van der Waals surface area contributed by atoms with Crippen LogP contribution in [0.1, 0.15) is 35.8 Å². The second-order valence-corrected chi connectivity index (χ2v) is 5.73. The first-order chi connectivity index (χ1) is 11.1. The van der Waals surface area contributed by atoms with E-state index in [1.807, 2.05) is 44.2 Å². The topological polar surface area (TPSA) is 59.8 Å². The molecule has 1 N–H and O–H groups in total. The molecule has 1 aromatic heterocycles. The van der Waals surface area contributed by atoms with Gasteiger partial charge < -0.3 is 5.32 Å². The molecule has 1 unspecified atom stereocenters. The summed E-state index contributed by atoms with van der Waals surface area (Å²) in [6, 6.07) is 12.7. The number of halogens is 1. The van der Waals surface area contributed by atoms with Crippen molar-refractivity contribution in [1.82, 2.24) is 20.3 Å². The lowest BCUT2D eigenvalue weighted by Crippen LogP contribution is -2.26. The Kier molecular flexibility index (Phi) is 4.30. The van der Waals surface area contributed by atoms with Crippen LogP contribution in [-0.2, 0) is 6.54 Å². The molecule has 23 heavy (non-hydrogen) atoms. The molecule has 1 heterocycles. The number of rotatable bonds is 4. The number of amides is 1. The molecule has 0 spiro atoms. The van der Waals surface area contributed by atoms with Gasteiger partial charge in [0, 0.05) is 17.1 Å². The van der Waals surface area contributed by atoms with Gasteiger partial charge in [-0.2, -0.15) is 0 Å². The normalized spacial score (nSPS) is 12.3. The van der Waals surface area contributed by atoms with Gasteiger partial charge in [-0.25, -0.2) is 4.68 Å². The van der Waals surface area contributed by atoms with Gasteiger partial charge >= 0.3 is 0 Å². The molecule has 1 amide bonds. The Morgan fingerprint density at radius 3 is 2.83 bits per heavy atom. The van der Waals surface area contributed by atoms with Crippen molar-refractivity contribution in [3.63, 3.8) is 0 Å². The standard InChI is InChI=1S/C17H17ClN4O/c1-3-22-16-9-8-12(10-15(16)20-21-22)17(23)19-11(2)13-6-4-5-7-14(13)18/h4-11H,3H2,1-2H3,(H,19,23). The van der Waals surface area contributed by atoms with Crippen LogP contribution in [0.15, 0.2) is 42.5 Å². The third-order valence-electron chi connectivity index (χ3n) is 3.79. The van der Waals surface area contributed by atoms with E-state index >= 15 is 0 Å². The number of aromatic nitrogens is 3. The van der Waals surface area contributed by atoms with Crippen molar-refractivity contribution in [2.45, 2.75) is 26.4 Å². The number of nitrogens with zero attached hydrogens (tertiary/aromatic N) is 3. The van der Waals surface area contributed by atoms with Crippen molar-refractivity contribution in [1.29, 1.82) is 0 Å². The summed E-state index contributed by atoms with van der Waals surface area (Å²) < 4.78 is 1.80. The minimum Gasteiger partial charge on any atom is -0.345 e. The van der Waals surface area contributed by atoms with Crippen molar-refractivity contribution in [3.8, 4) is 0 Å². The van der Waals surface area contributed by atoms with E-state index in [0.717, 1.165) is 17.6 Å². The van der Waals surface area contributed by atoms with Gasteiger partial charge in [0.2, 0.25) is 0 Å². The lowest BCUT2D eigenvalue weighted by Gasteiger charge is -2.15. The summed E-state index contributed by atoms with van der Waals surface area (Å²) in [5.74, 6) is -0.162. The van der Waals surface area contributed by atoms with Gasteiger partial charge in [-0.05, 0) is 43.7 Å².